The largest absolute Gasteiger partial charge is 0.493 e. The Morgan fingerprint density at radius 1 is 1.14 bits per heavy atom. The molecular weight excluding hydrogens is 356 g/mol. The quantitative estimate of drug-likeness (QED) is 0.738. The number of amides is 2. The van der Waals surface area contributed by atoms with Gasteiger partial charge in [-0.3, -0.25) is 9.59 Å². The van der Waals surface area contributed by atoms with E-state index in [4.69, 9.17) is 9.47 Å². The molecule has 0 saturated carbocycles. The maximum absolute atomic E-state index is 12.6. The lowest BCUT2D eigenvalue weighted by atomic mass is 10.0. The number of benzene rings is 1. The Morgan fingerprint density at radius 2 is 1.82 bits per heavy atom. The number of piperidine rings is 1. The van der Waals surface area contributed by atoms with Crippen molar-refractivity contribution in [1.29, 1.82) is 0 Å². The van der Waals surface area contributed by atoms with Crippen LogP contribution >= 0.6 is 0 Å². The van der Waals surface area contributed by atoms with Crippen LogP contribution in [-0.2, 0) is 4.79 Å². The van der Waals surface area contributed by atoms with E-state index < -0.39 is 0 Å². The number of ether oxygens (including phenoxy) is 2. The van der Waals surface area contributed by atoms with Crippen LogP contribution in [0.5, 0.6) is 11.5 Å². The van der Waals surface area contributed by atoms with Crippen LogP contribution in [0.15, 0.2) is 18.2 Å². The van der Waals surface area contributed by atoms with Crippen molar-refractivity contribution in [2.24, 2.45) is 11.8 Å². The Morgan fingerprint density at radius 3 is 2.39 bits per heavy atom. The molecule has 1 aromatic carbocycles. The minimum absolute atomic E-state index is 0.0138. The molecule has 0 aromatic heterocycles. The molecule has 0 radical (unpaired) electrons. The van der Waals surface area contributed by atoms with E-state index in [0.29, 0.717) is 42.7 Å². The van der Waals surface area contributed by atoms with Gasteiger partial charge in [0.05, 0.1) is 13.7 Å². The molecule has 1 aromatic rings. The molecule has 1 heterocycles. The van der Waals surface area contributed by atoms with E-state index in [-0.39, 0.29) is 23.8 Å². The van der Waals surface area contributed by atoms with Gasteiger partial charge in [0.1, 0.15) is 0 Å². The number of carbonyl (C=O) groups is 2. The topological polar surface area (TPSA) is 67.9 Å². The fraction of sp³-hybridized carbons (Fsp3) is 0.636. The summed E-state index contributed by atoms with van der Waals surface area (Å²) >= 11 is 0. The van der Waals surface area contributed by atoms with Gasteiger partial charge in [-0.05, 0) is 43.4 Å². The molecule has 0 atom stereocenters. The second kappa shape index (κ2) is 10.3. The summed E-state index contributed by atoms with van der Waals surface area (Å²) in [6.07, 6.45) is 2.51. The maximum Gasteiger partial charge on any atom is 0.251 e. The summed E-state index contributed by atoms with van der Waals surface area (Å²) in [5.74, 6) is 1.86. The predicted molar refractivity (Wildman–Crippen MR) is 110 cm³/mol. The molecule has 0 spiro atoms. The molecule has 1 aliphatic heterocycles. The molecule has 28 heavy (non-hydrogen) atoms. The summed E-state index contributed by atoms with van der Waals surface area (Å²) in [6.45, 7) is 10.1. The summed E-state index contributed by atoms with van der Waals surface area (Å²) < 4.78 is 11.2. The highest BCUT2D eigenvalue weighted by Crippen LogP contribution is 2.28. The molecule has 0 bridgehead atoms. The van der Waals surface area contributed by atoms with Crippen LogP contribution in [0.3, 0.4) is 0 Å². The Hall–Kier alpha value is -2.24. The van der Waals surface area contributed by atoms with E-state index in [0.717, 1.165) is 19.3 Å². The predicted octanol–water partition coefficient (Wildman–Crippen LogP) is 3.50. The van der Waals surface area contributed by atoms with Gasteiger partial charge in [-0.1, -0.05) is 27.7 Å². The van der Waals surface area contributed by atoms with Crippen molar-refractivity contribution in [3.63, 3.8) is 0 Å². The molecule has 2 rings (SSSR count). The van der Waals surface area contributed by atoms with Gasteiger partial charge in [-0.2, -0.15) is 0 Å². The molecule has 1 N–H and O–H groups in total. The number of methoxy groups -OCH3 is 1. The lowest BCUT2D eigenvalue weighted by molar-refractivity contribution is -0.135. The lowest BCUT2D eigenvalue weighted by Gasteiger charge is -2.33. The van der Waals surface area contributed by atoms with Gasteiger partial charge in [-0.25, -0.2) is 0 Å². The summed E-state index contributed by atoms with van der Waals surface area (Å²) in [7, 11) is 1.58. The third-order valence-electron chi connectivity index (χ3n) is 5.01. The molecule has 1 aliphatic rings. The monoisotopic (exact) mass is 390 g/mol. The zero-order chi connectivity index (χ0) is 20.7. The van der Waals surface area contributed by atoms with Crippen LogP contribution in [0, 0.1) is 11.8 Å². The third-order valence-corrected chi connectivity index (χ3v) is 5.01. The van der Waals surface area contributed by atoms with Crippen molar-refractivity contribution < 1.29 is 19.1 Å². The van der Waals surface area contributed by atoms with Crippen molar-refractivity contribution in [1.82, 2.24) is 10.2 Å². The minimum Gasteiger partial charge on any atom is -0.493 e. The second-order valence-corrected chi connectivity index (χ2v) is 8.12. The van der Waals surface area contributed by atoms with Gasteiger partial charge in [0.25, 0.3) is 5.91 Å². The van der Waals surface area contributed by atoms with Gasteiger partial charge >= 0.3 is 0 Å². The highest BCUT2D eigenvalue weighted by atomic mass is 16.5. The lowest BCUT2D eigenvalue weighted by Crippen LogP contribution is -2.47. The fourth-order valence-electron chi connectivity index (χ4n) is 3.21. The Kier molecular flexibility index (Phi) is 8.15. The van der Waals surface area contributed by atoms with Crippen LogP contribution in [0.1, 0.15) is 57.3 Å². The molecule has 1 fully saturated rings. The van der Waals surface area contributed by atoms with E-state index in [9.17, 15) is 9.59 Å². The minimum atomic E-state index is -0.124. The van der Waals surface area contributed by atoms with Crippen LogP contribution < -0.4 is 14.8 Å². The number of nitrogens with zero attached hydrogens (tertiary/aromatic N) is 1. The van der Waals surface area contributed by atoms with Crippen molar-refractivity contribution in [2.75, 3.05) is 26.8 Å². The van der Waals surface area contributed by atoms with E-state index in [1.807, 2.05) is 18.7 Å². The zero-order valence-corrected chi connectivity index (χ0v) is 17.8. The van der Waals surface area contributed by atoms with Crippen molar-refractivity contribution in [3.8, 4) is 11.5 Å². The Balaban J connectivity index is 1.91. The van der Waals surface area contributed by atoms with Crippen molar-refractivity contribution >= 4 is 11.8 Å². The average molecular weight is 391 g/mol. The third kappa shape index (κ3) is 6.14. The van der Waals surface area contributed by atoms with Crippen LogP contribution in [0.2, 0.25) is 0 Å². The Labute approximate surface area is 168 Å². The van der Waals surface area contributed by atoms with Gasteiger partial charge < -0.3 is 19.7 Å². The first-order valence-corrected chi connectivity index (χ1v) is 10.2. The first-order valence-electron chi connectivity index (χ1n) is 10.2. The molecular formula is C22H34N2O4. The highest BCUT2D eigenvalue weighted by Gasteiger charge is 2.25. The van der Waals surface area contributed by atoms with Gasteiger partial charge in [-0.15, -0.1) is 0 Å². The SMILES string of the molecule is COc1cc(C(=O)NC2CCN(C(=O)C(C)C)CC2)ccc1OCCC(C)C. The van der Waals surface area contributed by atoms with Crippen molar-refractivity contribution in [2.45, 2.75) is 53.0 Å². The molecule has 6 heteroatoms. The molecule has 6 nitrogen and oxygen atoms in total. The molecule has 0 aliphatic carbocycles. The first kappa shape index (κ1) is 22.1. The molecule has 0 unspecified atom stereocenters. The van der Waals surface area contributed by atoms with Gasteiger partial charge in [0, 0.05) is 30.6 Å². The smallest absolute Gasteiger partial charge is 0.251 e. The number of hydrogen-bond acceptors (Lipinski definition) is 4. The van der Waals surface area contributed by atoms with E-state index >= 15 is 0 Å². The van der Waals surface area contributed by atoms with Crippen LogP contribution in [0.4, 0.5) is 0 Å². The van der Waals surface area contributed by atoms with E-state index in [1.165, 1.54) is 0 Å². The number of rotatable bonds is 8. The zero-order valence-electron chi connectivity index (χ0n) is 17.8. The average Bonchev–Trinajstić information content (AvgIpc) is 2.67. The highest BCUT2D eigenvalue weighted by molar-refractivity contribution is 5.95. The standard InChI is InChI=1S/C22H34N2O4/c1-15(2)10-13-28-19-7-6-17(14-20(19)27-5)21(25)23-18-8-11-24(12-9-18)22(26)16(3)4/h6-7,14-16,18H,8-13H2,1-5H3,(H,23,25). The first-order chi connectivity index (χ1) is 13.3. The van der Waals surface area contributed by atoms with Gasteiger partial charge in [0.15, 0.2) is 11.5 Å². The number of likely N-dealkylation sites (tertiary alicyclic amines) is 1. The molecule has 2 amide bonds. The van der Waals surface area contributed by atoms with Crippen LogP contribution in [-0.4, -0.2) is 49.6 Å². The summed E-state index contributed by atoms with van der Waals surface area (Å²) in [6, 6.07) is 5.35. The number of hydrogen-bond donors (Lipinski definition) is 1. The summed E-state index contributed by atoms with van der Waals surface area (Å²) in [5.41, 5.74) is 0.550. The van der Waals surface area contributed by atoms with Gasteiger partial charge in [0.2, 0.25) is 5.91 Å². The maximum atomic E-state index is 12.6. The summed E-state index contributed by atoms with van der Waals surface area (Å²) in [5, 5.41) is 3.08. The van der Waals surface area contributed by atoms with Crippen molar-refractivity contribution in [3.05, 3.63) is 23.8 Å². The summed E-state index contributed by atoms with van der Waals surface area (Å²) in [4.78, 5) is 26.6. The Bertz CT molecular complexity index is 665. The van der Waals surface area contributed by atoms with Crippen LogP contribution in [0.25, 0.3) is 0 Å². The van der Waals surface area contributed by atoms with E-state index in [1.54, 1.807) is 25.3 Å². The van der Waals surface area contributed by atoms with E-state index in [2.05, 4.69) is 19.2 Å². The molecule has 156 valence electrons. The normalized spacial score (nSPS) is 15.0. The molecule has 1 saturated heterocycles. The second-order valence-electron chi connectivity index (χ2n) is 8.12. The number of carbonyl (C=O) groups excluding carboxylic acids is 2. The fourth-order valence-corrected chi connectivity index (χ4v) is 3.21. The number of nitrogens with one attached hydrogen (secondary N) is 1.